The fraction of sp³-hybridized carbons (Fsp3) is 0.318. The van der Waals surface area contributed by atoms with Gasteiger partial charge in [-0.2, -0.15) is 0 Å². The molecule has 2 rings (SSSR count). The molecule has 0 spiro atoms. The highest BCUT2D eigenvalue weighted by Crippen LogP contribution is 2.24. The molecule has 2 atom stereocenters. The van der Waals surface area contributed by atoms with Crippen LogP contribution >= 0.6 is 0 Å². The molecule has 0 N–H and O–H groups in total. The van der Waals surface area contributed by atoms with Crippen LogP contribution in [0.15, 0.2) is 66.7 Å². The zero-order valence-electron chi connectivity index (χ0n) is 15.6. The van der Waals surface area contributed by atoms with Crippen molar-refractivity contribution in [3.05, 3.63) is 66.7 Å². The lowest BCUT2D eigenvalue weighted by atomic mass is 10.1. The first-order valence-electron chi connectivity index (χ1n) is 8.72. The molecule has 26 heavy (non-hydrogen) atoms. The summed E-state index contributed by atoms with van der Waals surface area (Å²) in [5, 5.41) is 0. The van der Waals surface area contributed by atoms with Crippen LogP contribution in [-0.4, -0.2) is 31.4 Å². The molecule has 0 aliphatic rings. The highest BCUT2D eigenvalue weighted by molar-refractivity contribution is 5.86. The number of carbonyl (C=O) groups excluding carboxylic acids is 1. The van der Waals surface area contributed by atoms with Crippen LogP contribution in [0.3, 0.4) is 0 Å². The van der Waals surface area contributed by atoms with Gasteiger partial charge in [-0.25, -0.2) is 4.79 Å². The maximum Gasteiger partial charge on any atom is 0.333 e. The zero-order chi connectivity index (χ0) is 18.9. The van der Waals surface area contributed by atoms with Gasteiger partial charge in [0.25, 0.3) is 0 Å². The van der Waals surface area contributed by atoms with E-state index in [2.05, 4.69) is 24.8 Å². The Morgan fingerprint density at radius 3 is 2.35 bits per heavy atom. The molecule has 4 nitrogen and oxygen atoms in total. The molecule has 2 unspecified atom stereocenters. The second-order valence-electron chi connectivity index (χ2n) is 6.35. The predicted molar refractivity (Wildman–Crippen MR) is 103 cm³/mol. The molecule has 2 aromatic rings. The molecule has 0 amide bonds. The number of hydrogen-bond acceptors (Lipinski definition) is 4. The van der Waals surface area contributed by atoms with Crippen LogP contribution in [0.2, 0.25) is 0 Å². The Labute approximate surface area is 155 Å². The van der Waals surface area contributed by atoms with Gasteiger partial charge in [-0.05, 0) is 44.0 Å². The maximum absolute atomic E-state index is 11.4. The molecule has 2 aromatic carbocycles. The summed E-state index contributed by atoms with van der Waals surface area (Å²) in [4.78, 5) is 11.4. The van der Waals surface area contributed by atoms with Gasteiger partial charge in [-0.1, -0.05) is 49.0 Å². The van der Waals surface area contributed by atoms with E-state index in [0.29, 0.717) is 12.2 Å². The van der Waals surface area contributed by atoms with Crippen LogP contribution in [0, 0.1) is 0 Å². The van der Waals surface area contributed by atoms with Gasteiger partial charge >= 0.3 is 5.97 Å². The third kappa shape index (κ3) is 6.37. The van der Waals surface area contributed by atoms with E-state index in [9.17, 15) is 4.79 Å². The minimum Gasteiger partial charge on any atom is -0.488 e. The first-order chi connectivity index (χ1) is 12.5. The van der Waals surface area contributed by atoms with Crippen molar-refractivity contribution in [2.75, 3.05) is 13.2 Å². The first-order valence-corrected chi connectivity index (χ1v) is 8.72. The number of esters is 1. The van der Waals surface area contributed by atoms with Crippen LogP contribution < -0.4 is 4.74 Å². The summed E-state index contributed by atoms with van der Waals surface area (Å²) in [5.74, 6) is 0.395. The highest BCUT2D eigenvalue weighted by Gasteiger charge is 2.11. The molecule has 0 radical (unpaired) electrons. The predicted octanol–water partition coefficient (Wildman–Crippen LogP) is 4.65. The second-order valence-corrected chi connectivity index (χ2v) is 6.35. The van der Waals surface area contributed by atoms with Gasteiger partial charge in [0.2, 0.25) is 0 Å². The molecule has 0 heterocycles. The molecule has 0 aromatic heterocycles. The van der Waals surface area contributed by atoms with Crippen molar-refractivity contribution in [1.82, 2.24) is 0 Å². The van der Waals surface area contributed by atoms with Crippen molar-refractivity contribution in [2.24, 2.45) is 0 Å². The topological polar surface area (TPSA) is 44.8 Å². The molecule has 0 saturated heterocycles. The van der Waals surface area contributed by atoms with E-state index in [1.54, 1.807) is 6.92 Å². The lowest BCUT2D eigenvalue weighted by Crippen LogP contribution is -2.26. The maximum atomic E-state index is 11.4. The number of benzene rings is 2. The quantitative estimate of drug-likeness (QED) is 0.486. The lowest BCUT2D eigenvalue weighted by Gasteiger charge is -2.19. The van der Waals surface area contributed by atoms with Crippen molar-refractivity contribution < 1.29 is 19.0 Å². The summed E-state index contributed by atoms with van der Waals surface area (Å²) >= 11 is 0. The Bertz CT molecular complexity index is 724. The Morgan fingerprint density at radius 1 is 0.962 bits per heavy atom. The van der Waals surface area contributed by atoms with E-state index < -0.39 is 5.97 Å². The fourth-order valence-corrected chi connectivity index (χ4v) is 2.31. The van der Waals surface area contributed by atoms with Crippen molar-refractivity contribution in [2.45, 2.75) is 33.0 Å². The van der Waals surface area contributed by atoms with Crippen LogP contribution in [0.4, 0.5) is 0 Å². The SMILES string of the molecule is C=C(C)C(=O)OCC(C)OCC(C)Oc1cccc(-c2ccccc2)c1. The number of hydrogen-bond donors (Lipinski definition) is 0. The molecule has 0 aliphatic carbocycles. The van der Waals surface area contributed by atoms with E-state index in [4.69, 9.17) is 14.2 Å². The molecule has 0 fully saturated rings. The largest absolute Gasteiger partial charge is 0.488 e. The Hall–Kier alpha value is -2.59. The zero-order valence-corrected chi connectivity index (χ0v) is 15.6. The Morgan fingerprint density at radius 2 is 1.65 bits per heavy atom. The van der Waals surface area contributed by atoms with E-state index in [1.165, 1.54) is 0 Å². The molecular formula is C22H26O4. The van der Waals surface area contributed by atoms with Crippen molar-refractivity contribution in [3.8, 4) is 16.9 Å². The van der Waals surface area contributed by atoms with Crippen LogP contribution in [0.25, 0.3) is 11.1 Å². The van der Waals surface area contributed by atoms with Gasteiger partial charge in [0, 0.05) is 5.57 Å². The number of carbonyl (C=O) groups is 1. The third-order valence-corrected chi connectivity index (χ3v) is 3.69. The van der Waals surface area contributed by atoms with Gasteiger partial charge < -0.3 is 14.2 Å². The average molecular weight is 354 g/mol. The van der Waals surface area contributed by atoms with Crippen LogP contribution in [0.5, 0.6) is 5.75 Å². The van der Waals surface area contributed by atoms with Crippen molar-refractivity contribution >= 4 is 5.97 Å². The summed E-state index contributed by atoms with van der Waals surface area (Å²) in [6.07, 6.45) is -0.333. The van der Waals surface area contributed by atoms with E-state index in [0.717, 1.165) is 16.9 Å². The minimum atomic E-state index is -0.400. The second kappa shape index (κ2) is 9.78. The van der Waals surface area contributed by atoms with Gasteiger partial charge in [0.1, 0.15) is 18.5 Å². The molecule has 0 bridgehead atoms. The summed E-state index contributed by atoms with van der Waals surface area (Å²) in [5.41, 5.74) is 2.64. The first kappa shape index (κ1) is 19.7. The molecule has 0 saturated carbocycles. The van der Waals surface area contributed by atoms with Gasteiger partial charge in [-0.15, -0.1) is 0 Å². The summed E-state index contributed by atoms with van der Waals surface area (Å²) in [6.45, 7) is 9.57. The number of ether oxygens (including phenoxy) is 3. The molecule has 4 heteroatoms. The minimum absolute atomic E-state index is 0.125. The number of rotatable bonds is 9. The third-order valence-electron chi connectivity index (χ3n) is 3.69. The molecule has 138 valence electrons. The van der Waals surface area contributed by atoms with Gasteiger partial charge in [0.15, 0.2) is 0 Å². The lowest BCUT2D eigenvalue weighted by molar-refractivity contribution is -0.143. The Kier molecular flexibility index (Phi) is 7.42. The van der Waals surface area contributed by atoms with Crippen LogP contribution in [-0.2, 0) is 14.3 Å². The van der Waals surface area contributed by atoms with Crippen LogP contribution in [0.1, 0.15) is 20.8 Å². The Balaban J connectivity index is 1.81. The summed E-state index contributed by atoms with van der Waals surface area (Å²) in [7, 11) is 0. The van der Waals surface area contributed by atoms with Crippen molar-refractivity contribution in [3.63, 3.8) is 0 Å². The van der Waals surface area contributed by atoms with E-state index in [-0.39, 0.29) is 18.8 Å². The highest BCUT2D eigenvalue weighted by atomic mass is 16.6. The average Bonchev–Trinajstić information content (AvgIpc) is 2.65. The smallest absolute Gasteiger partial charge is 0.333 e. The molecular weight excluding hydrogens is 328 g/mol. The van der Waals surface area contributed by atoms with Gasteiger partial charge in [-0.3, -0.25) is 0 Å². The van der Waals surface area contributed by atoms with Gasteiger partial charge in [0.05, 0.1) is 12.7 Å². The van der Waals surface area contributed by atoms with E-state index in [1.807, 2.05) is 50.2 Å². The summed E-state index contributed by atoms with van der Waals surface area (Å²) < 4.78 is 16.7. The normalized spacial score (nSPS) is 12.9. The van der Waals surface area contributed by atoms with E-state index >= 15 is 0 Å². The molecule has 0 aliphatic heterocycles. The summed E-state index contributed by atoms with van der Waals surface area (Å²) in [6, 6.07) is 18.2. The monoisotopic (exact) mass is 354 g/mol. The van der Waals surface area contributed by atoms with Crippen molar-refractivity contribution in [1.29, 1.82) is 0 Å². The standard InChI is InChI=1S/C22H26O4/c1-16(2)22(23)25-14-17(3)24-15-18(4)26-21-12-8-11-20(13-21)19-9-6-5-7-10-19/h5-13,17-18H,1,14-15H2,2-4H3. The fourth-order valence-electron chi connectivity index (χ4n) is 2.31.